The lowest BCUT2D eigenvalue weighted by Gasteiger charge is -2.13. The monoisotopic (exact) mass is 368 g/mol. The van der Waals surface area contributed by atoms with Gasteiger partial charge >= 0.3 is 0 Å². The van der Waals surface area contributed by atoms with Crippen molar-refractivity contribution >= 4 is 17.2 Å². The van der Waals surface area contributed by atoms with E-state index in [1.54, 1.807) is 38.1 Å². The topological polar surface area (TPSA) is 68.3 Å². The van der Waals surface area contributed by atoms with Gasteiger partial charge in [-0.25, -0.2) is 4.39 Å². The zero-order chi connectivity index (χ0) is 19.3. The summed E-state index contributed by atoms with van der Waals surface area (Å²) in [7, 11) is 0. The van der Waals surface area contributed by atoms with Crippen molar-refractivity contribution in [3.8, 4) is 22.7 Å². The Morgan fingerprint density at radius 3 is 2.52 bits per heavy atom. The summed E-state index contributed by atoms with van der Waals surface area (Å²) >= 11 is 0. The van der Waals surface area contributed by atoms with Crippen LogP contribution >= 0.6 is 0 Å². The molecule has 0 fully saturated rings. The summed E-state index contributed by atoms with van der Waals surface area (Å²) in [6, 6.07) is 9.25. The molecule has 27 heavy (non-hydrogen) atoms. The van der Waals surface area contributed by atoms with E-state index in [-0.39, 0.29) is 5.69 Å². The molecule has 0 aliphatic carbocycles. The number of phenols is 1. The minimum atomic E-state index is -1.36. The molecule has 0 atom stereocenters. The van der Waals surface area contributed by atoms with Crippen LogP contribution in [0.25, 0.3) is 27.8 Å². The fraction of sp³-hybridized carbons (Fsp3) is 0.100. The molecule has 0 saturated heterocycles. The molecule has 136 valence electrons. The maximum absolute atomic E-state index is 14.7. The molecule has 1 N–H and O–H groups in total. The van der Waals surface area contributed by atoms with Gasteiger partial charge in [-0.05, 0) is 32.0 Å². The molecule has 2 aromatic heterocycles. The Morgan fingerprint density at radius 2 is 1.85 bits per heavy atom. The van der Waals surface area contributed by atoms with Gasteiger partial charge in [-0.15, -0.1) is 0 Å². The van der Waals surface area contributed by atoms with Gasteiger partial charge in [-0.3, -0.25) is 4.79 Å². The molecule has 2 heterocycles. The third kappa shape index (κ3) is 2.35. The molecule has 0 aliphatic heterocycles. The summed E-state index contributed by atoms with van der Waals surface area (Å²) in [5.74, 6) is -2.93. The Kier molecular flexibility index (Phi) is 3.80. The van der Waals surface area contributed by atoms with Crippen molar-refractivity contribution in [2.75, 3.05) is 0 Å². The van der Waals surface area contributed by atoms with E-state index in [0.29, 0.717) is 45.5 Å². The maximum Gasteiger partial charge on any atom is 0.202 e. The summed E-state index contributed by atoms with van der Waals surface area (Å²) in [5, 5.41) is 14.0. The van der Waals surface area contributed by atoms with E-state index in [2.05, 4.69) is 5.16 Å². The fourth-order valence-corrected chi connectivity index (χ4v) is 3.40. The van der Waals surface area contributed by atoms with E-state index in [1.165, 1.54) is 10.6 Å². The fourth-order valence-electron chi connectivity index (χ4n) is 3.40. The van der Waals surface area contributed by atoms with Crippen LogP contribution < -0.4 is 0 Å². The van der Waals surface area contributed by atoms with E-state index in [9.17, 15) is 18.7 Å². The number of rotatable bonds is 3. The number of aromatic hydroxyl groups is 1. The Balaban J connectivity index is 2.23. The lowest BCUT2D eigenvalue weighted by molar-refractivity contribution is 0.112. The number of nitrogens with zero attached hydrogens (tertiary/aromatic N) is 2. The summed E-state index contributed by atoms with van der Waals surface area (Å²) in [6.07, 6.45) is 0.675. The number of phenolic OH excluding ortho intramolecular Hbond substituents is 1. The molecule has 2 aromatic carbocycles. The lowest BCUT2D eigenvalue weighted by Crippen LogP contribution is -2.04. The van der Waals surface area contributed by atoms with Crippen molar-refractivity contribution in [1.82, 2.24) is 9.72 Å². The van der Waals surface area contributed by atoms with Crippen LogP contribution in [0.3, 0.4) is 0 Å². The normalized spacial score (nSPS) is 11.3. The number of benzene rings is 2. The number of para-hydroxylation sites is 1. The van der Waals surface area contributed by atoms with E-state index in [0.717, 1.165) is 6.07 Å². The van der Waals surface area contributed by atoms with Crippen LogP contribution in [-0.4, -0.2) is 21.1 Å². The van der Waals surface area contributed by atoms with Gasteiger partial charge < -0.3 is 14.2 Å². The second-order valence-electron chi connectivity index (χ2n) is 6.16. The Bertz CT molecular complexity index is 1190. The quantitative estimate of drug-likeness (QED) is 0.532. The largest absolute Gasteiger partial charge is 0.505 e. The van der Waals surface area contributed by atoms with Crippen molar-refractivity contribution in [2.24, 2.45) is 0 Å². The first-order chi connectivity index (χ1) is 13.0. The van der Waals surface area contributed by atoms with E-state index in [1.807, 2.05) is 0 Å². The number of carbonyl (C=O) groups excluding carboxylic acids is 1. The van der Waals surface area contributed by atoms with Crippen LogP contribution in [0.2, 0.25) is 0 Å². The first-order valence-electron chi connectivity index (χ1n) is 8.15. The minimum Gasteiger partial charge on any atom is -0.505 e. The van der Waals surface area contributed by atoms with Crippen molar-refractivity contribution in [2.45, 2.75) is 13.8 Å². The molecule has 7 heteroatoms. The van der Waals surface area contributed by atoms with Crippen molar-refractivity contribution in [3.63, 3.8) is 0 Å². The van der Waals surface area contributed by atoms with Crippen LogP contribution in [0.4, 0.5) is 8.78 Å². The van der Waals surface area contributed by atoms with Gasteiger partial charge in [0.2, 0.25) is 5.82 Å². The third-order valence-electron chi connectivity index (χ3n) is 4.58. The first-order valence-corrected chi connectivity index (χ1v) is 8.15. The Morgan fingerprint density at radius 1 is 1.11 bits per heavy atom. The smallest absolute Gasteiger partial charge is 0.202 e. The molecule has 0 unspecified atom stereocenters. The maximum atomic E-state index is 14.7. The minimum absolute atomic E-state index is 0.135. The van der Waals surface area contributed by atoms with Crippen LogP contribution in [0.15, 0.2) is 40.9 Å². The molecular formula is C20H14F2N2O3. The molecule has 0 radical (unpaired) electrons. The molecule has 4 aromatic rings. The van der Waals surface area contributed by atoms with E-state index in [4.69, 9.17) is 4.52 Å². The average Bonchev–Trinajstić information content (AvgIpc) is 3.16. The lowest BCUT2D eigenvalue weighted by atomic mass is 10.0. The van der Waals surface area contributed by atoms with Crippen LogP contribution in [0.5, 0.6) is 5.75 Å². The summed E-state index contributed by atoms with van der Waals surface area (Å²) < 4.78 is 35.5. The molecule has 0 saturated carbocycles. The molecular weight excluding hydrogens is 354 g/mol. The second-order valence-corrected chi connectivity index (χ2v) is 6.16. The zero-order valence-corrected chi connectivity index (χ0v) is 14.5. The highest BCUT2D eigenvalue weighted by atomic mass is 19.2. The van der Waals surface area contributed by atoms with Crippen molar-refractivity contribution in [3.05, 3.63) is 65.1 Å². The van der Waals surface area contributed by atoms with Gasteiger partial charge in [0.25, 0.3) is 0 Å². The number of hydrogen-bond acceptors (Lipinski definition) is 4. The van der Waals surface area contributed by atoms with E-state index < -0.39 is 17.4 Å². The molecule has 0 bridgehead atoms. The predicted octanol–water partition coefficient (Wildman–Crippen LogP) is 4.70. The number of carbonyl (C=O) groups is 1. The van der Waals surface area contributed by atoms with Gasteiger partial charge in [0.05, 0.1) is 28.2 Å². The zero-order valence-electron chi connectivity index (χ0n) is 14.5. The number of halogens is 2. The molecule has 4 rings (SSSR count). The van der Waals surface area contributed by atoms with Gasteiger partial charge in [0.1, 0.15) is 5.76 Å². The van der Waals surface area contributed by atoms with Crippen molar-refractivity contribution < 1.29 is 23.2 Å². The second kappa shape index (κ2) is 6.05. The van der Waals surface area contributed by atoms with Gasteiger partial charge in [-0.2, -0.15) is 4.39 Å². The van der Waals surface area contributed by atoms with Gasteiger partial charge in [-0.1, -0.05) is 23.4 Å². The number of hydrogen-bond donors (Lipinski definition) is 1. The summed E-state index contributed by atoms with van der Waals surface area (Å²) in [6.45, 7) is 3.38. The van der Waals surface area contributed by atoms with Crippen LogP contribution in [0, 0.1) is 25.5 Å². The first kappa shape index (κ1) is 17.0. The highest BCUT2D eigenvalue weighted by Gasteiger charge is 2.26. The van der Waals surface area contributed by atoms with Crippen LogP contribution in [-0.2, 0) is 0 Å². The standard InChI is InChI=1S/C20H14F2N2O3/c1-10-17(11(2)27-23-10)20-13(9-25)12-5-3-4-6-14(12)24(20)15-7-8-16(26)19(22)18(15)21/h3-9,26H,1-2H3. The van der Waals surface area contributed by atoms with Gasteiger partial charge in [0, 0.05) is 10.9 Å². The SMILES string of the molecule is Cc1noc(C)c1-c1c(C=O)c2ccccc2n1-c1ccc(O)c(F)c1F. The molecule has 0 amide bonds. The number of aromatic nitrogens is 2. The highest BCUT2D eigenvalue weighted by Crippen LogP contribution is 2.39. The highest BCUT2D eigenvalue weighted by molar-refractivity contribution is 6.06. The Hall–Kier alpha value is -3.48. The van der Waals surface area contributed by atoms with E-state index >= 15 is 0 Å². The third-order valence-corrected chi connectivity index (χ3v) is 4.58. The van der Waals surface area contributed by atoms with Crippen LogP contribution in [0.1, 0.15) is 21.8 Å². The molecule has 5 nitrogen and oxygen atoms in total. The van der Waals surface area contributed by atoms with Crippen molar-refractivity contribution in [1.29, 1.82) is 0 Å². The number of aldehydes is 1. The predicted molar refractivity (Wildman–Crippen MR) is 95.2 cm³/mol. The molecule has 0 spiro atoms. The average molecular weight is 368 g/mol. The molecule has 0 aliphatic rings. The van der Waals surface area contributed by atoms with Gasteiger partial charge in [0.15, 0.2) is 17.9 Å². The number of fused-ring (bicyclic) bond motifs is 1. The Labute approximate surface area is 152 Å². The summed E-state index contributed by atoms with van der Waals surface area (Å²) in [5.41, 5.74) is 2.09. The summed E-state index contributed by atoms with van der Waals surface area (Å²) in [4.78, 5) is 11.9. The number of aryl methyl sites for hydroxylation is 2.